The molecule has 0 spiro atoms. The fraction of sp³-hybridized carbons (Fsp3) is 0.538. The quantitative estimate of drug-likeness (QED) is 0.458. The molecular weight excluding hydrogens is 496 g/mol. The van der Waals surface area contributed by atoms with Gasteiger partial charge in [-0.05, 0) is 37.1 Å². The number of carbonyl (C=O) groups is 3. The highest BCUT2D eigenvalue weighted by molar-refractivity contribution is 8.01. The number of hydrogen-bond acceptors (Lipinski definition) is 7. The molecule has 10 heteroatoms. The maximum atomic E-state index is 13.6. The van der Waals surface area contributed by atoms with Gasteiger partial charge in [-0.2, -0.15) is 11.8 Å². The summed E-state index contributed by atoms with van der Waals surface area (Å²) in [6, 6.07) is 6.29. The lowest BCUT2D eigenvalue weighted by atomic mass is 10.0. The van der Waals surface area contributed by atoms with E-state index in [2.05, 4.69) is 15.6 Å². The van der Waals surface area contributed by atoms with Gasteiger partial charge in [0.1, 0.15) is 12.1 Å². The Bertz CT molecular complexity index is 1080. The molecule has 1 fully saturated rings. The van der Waals surface area contributed by atoms with Crippen LogP contribution in [0.1, 0.15) is 52.3 Å². The zero-order valence-corrected chi connectivity index (χ0v) is 23.3. The minimum absolute atomic E-state index is 0.0539. The van der Waals surface area contributed by atoms with Crippen molar-refractivity contribution in [1.29, 1.82) is 0 Å². The molecule has 1 aromatic carbocycles. The molecule has 1 aliphatic rings. The van der Waals surface area contributed by atoms with Gasteiger partial charge in [-0.3, -0.25) is 14.4 Å². The van der Waals surface area contributed by atoms with Crippen LogP contribution in [-0.2, 0) is 20.9 Å². The Morgan fingerprint density at radius 2 is 1.92 bits per heavy atom. The molecule has 8 nitrogen and oxygen atoms in total. The van der Waals surface area contributed by atoms with Crippen LogP contribution in [0.25, 0.3) is 10.4 Å². The number of nitrogens with zero attached hydrogens (tertiary/aromatic N) is 2. The second kappa shape index (κ2) is 11.7. The number of likely N-dealkylation sites (tertiary alicyclic amines) is 1. The third-order valence-electron chi connectivity index (χ3n) is 6.12. The second-order valence-corrected chi connectivity index (χ2v) is 13.1. The summed E-state index contributed by atoms with van der Waals surface area (Å²) in [5, 5.41) is 16.3. The number of amides is 3. The normalized spacial score (nSPS) is 18.8. The second-order valence-electron chi connectivity index (χ2n) is 9.98. The fourth-order valence-corrected chi connectivity index (χ4v) is 6.87. The van der Waals surface area contributed by atoms with Gasteiger partial charge in [-0.15, -0.1) is 11.3 Å². The summed E-state index contributed by atoms with van der Waals surface area (Å²) in [6.07, 6.45) is -0.642. The maximum Gasteiger partial charge on any atom is 0.247 e. The van der Waals surface area contributed by atoms with E-state index in [9.17, 15) is 19.5 Å². The molecule has 2 heterocycles. The molecule has 0 radical (unpaired) electrons. The molecule has 3 N–H and O–H groups in total. The number of rotatable bonds is 9. The van der Waals surface area contributed by atoms with Crippen molar-refractivity contribution in [2.45, 2.75) is 82.7 Å². The highest BCUT2D eigenvalue weighted by atomic mass is 32.2. The van der Waals surface area contributed by atoms with Crippen LogP contribution >= 0.6 is 23.1 Å². The number of hydrogen-bond donors (Lipinski definition) is 3. The SMILES string of the molecule is CC(=O)N[C@H](C(=O)N1C[C@H](O)C[C@H]1C(=O)NCc1ccc(-c2scnc2C)cc1)C(C)(C)SC(C)C. The molecule has 1 saturated heterocycles. The van der Waals surface area contributed by atoms with Crippen LogP contribution in [0.3, 0.4) is 0 Å². The molecule has 36 heavy (non-hydrogen) atoms. The standard InChI is InChI=1S/C26H36N4O4S2/c1-15(2)36-26(5,6)23(29-17(4)31)25(34)30-13-20(32)11-21(30)24(33)27-12-18-7-9-19(10-8-18)22-16(3)28-14-35-22/h7-10,14-15,20-21,23,32H,11-13H2,1-6H3,(H,27,33)(H,29,31)/t20-,21+,23-/m1/s1. The van der Waals surface area contributed by atoms with Crippen LogP contribution in [0.5, 0.6) is 0 Å². The maximum absolute atomic E-state index is 13.6. The van der Waals surface area contributed by atoms with Gasteiger partial charge >= 0.3 is 0 Å². The number of carbonyl (C=O) groups excluding carboxylic acids is 3. The zero-order chi connectivity index (χ0) is 26.6. The van der Waals surface area contributed by atoms with Crippen LogP contribution < -0.4 is 10.6 Å². The number of aliphatic hydroxyl groups is 1. The van der Waals surface area contributed by atoms with Gasteiger partial charge in [-0.1, -0.05) is 38.1 Å². The summed E-state index contributed by atoms with van der Waals surface area (Å²) in [4.78, 5) is 45.5. The van der Waals surface area contributed by atoms with E-state index in [1.54, 1.807) is 23.1 Å². The molecule has 3 rings (SSSR count). The first-order valence-electron chi connectivity index (χ1n) is 12.1. The lowest BCUT2D eigenvalue weighted by Crippen LogP contribution is -2.59. The number of thiazole rings is 1. The van der Waals surface area contributed by atoms with Crippen LogP contribution in [0.2, 0.25) is 0 Å². The van der Waals surface area contributed by atoms with E-state index >= 15 is 0 Å². The first-order valence-corrected chi connectivity index (χ1v) is 13.9. The minimum atomic E-state index is -0.828. The largest absolute Gasteiger partial charge is 0.391 e. The fourth-order valence-electron chi connectivity index (χ4n) is 4.54. The summed E-state index contributed by atoms with van der Waals surface area (Å²) in [7, 11) is 0. The first kappa shape index (κ1) is 28.1. The van der Waals surface area contributed by atoms with Crippen LogP contribution in [0.15, 0.2) is 29.8 Å². The molecule has 0 bridgehead atoms. The van der Waals surface area contributed by atoms with E-state index in [0.29, 0.717) is 6.54 Å². The van der Waals surface area contributed by atoms with Crippen molar-refractivity contribution in [2.75, 3.05) is 6.54 Å². The van der Waals surface area contributed by atoms with Crippen molar-refractivity contribution in [1.82, 2.24) is 20.5 Å². The van der Waals surface area contributed by atoms with Gasteiger partial charge in [0, 0.05) is 31.2 Å². The molecule has 2 aromatic rings. The Labute approximate surface area is 221 Å². The first-order chi connectivity index (χ1) is 16.9. The number of benzene rings is 1. The topological polar surface area (TPSA) is 112 Å². The molecule has 0 unspecified atom stereocenters. The molecule has 1 aliphatic heterocycles. The monoisotopic (exact) mass is 532 g/mol. The average molecular weight is 533 g/mol. The van der Waals surface area contributed by atoms with Crippen molar-refractivity contribution in [3.63, 3.8) is 0 Å². The lowest BCUT2D eigenvalue weighted by molar-refractivity contribution is -0.142. The Hall–Kier alpha value is -2.43. The van der Waals surface area contributed by atoms with Crippen molar-refractivity contribution in [2.24, 2.45) is 0 Å². The number of aliphatic hydroxyl groups excluding tert-OH is 1. The predicted molar refractivity (Wildman–Crippen MR) is 145 cm³/mol. The molecular formula is C26H36N4O4S2. The molecule has 196 valence electrons. The highest BCUT2D eigenvalue weighted by Gasteiger charge is 2.46. The van der Waals surface area contributed by atoms with Crippen molar-refractivity contribution in [3.05, 3.63) is 41.0 Å². The number of aromatic nitrogens is 1. The zero-order valence-electron chi connectivity index (χ0n) is 21.7. The third kappa shape index (κ3) is 6.86. The van der Waals surface area contributed by atoms with E-state index in [-0.39, 0.29) is 35.9 Å². The summed E-state index contributed by atoms with van der Waals surface area (Å²) in [5.41, 5.74) is 4.81. The predicted octanol–water partition coefficient (Wildman–Crippen LogP) is 3.12. The average Bonchev–Trinajstić information content (AvgIpc) is 3.40. The van der Waals surface area contributed by atoms with Crippen LogP contribution in [0.4, 0.5) is 0 Å². The van der Waals surface area contributed by atoms with Crippen molar-refractivity contribution < 1.29 is 19.5 Å². The lowest BCUT2D eigenvalue weighted by Gasteiger charge is -2.38. The van der Waals surface area contributed by atoms with E-state index in [4.69, 9.17) is 0 Å². The smallest absolute Gasteiger partial charge is 0.247 e. The Balaban J connectivity index is 1.70. The van der Waals surface area contributed by atoms with Crippen molar-refractivity contribution in [3.8, 4) is 10.4 Å². The molecule has 3 atom stereocenters. The van der Waals surface area contributed by atoms with Gasteiger partial charge < -0.3 is 20.6 Å². The van der Waals surface area contributed by atoms with E-state index in [1.807, 2.05) is 64.4 Å². The Kier molecular flexibility index (Phi) is 9.18. The molecule has 3 amide bonds. The van der Waals surface area contributed by atoms with Gasteiger partial charge in [0.25, 0.3) is 0 Å². The highest BCUT2D eigenvalue weighted by Crippen LogP contribution is 2.34. The van der Waals surface area contributed by atoms with E-state index in [1.165, 1.54) is 11.8 Å². The molecule has 0 aliphatic carbocycles. The van der Waals surface area contributed by atoms with E-state index < -0.39 is 22.9 Å². The summed E-state index contributed by atoms with van der Waals surface area (Å²) in [6.45, 7) is 11.6. The molecule has 1 aromatic heterocycles. The van der Waals surface area contributed by atoms with Gasteiger partial charge in [-0.25, -0.2) is 4.98 Å². The number of aryl methyl sites for hydroxylation is 1. The van der Waals surface area contributed by atoms with Crippen molar-refractivity contribution >= 4 is 40.8 Å². The van der Waals surface area contributed by atoms with Gasteiger partial charge in [0.2, 0.25) is 17.7 Å². The Morgan fingerprint density at radius 1 is 1.25 bits per heavy atom. The van der Waals surface area contributed by atoms with Crippen LogP contribution in [-0.4, -0.2) is 67.4 Å². The number of β-amino-alcohol motifs (C(OH)–C–C–N with tert-alkyl or cyclic N) is 1. The summed E-state index contributed by atoms with van der Waals surface area (Å²) >= 11 is 3.17. The summed E-state index contributed by atoms with van der Waals surface area (Å²) < 4.78 is -0.607. The van der Waals surface area contributed by atoms with E-state index in [0.717, 1.165) is 21.7 Å². The van der Waals surface area contributed by atoms with Gasteiger partial charge in [0.05, 0.1) is 22.2 Å². The molecule has 0 saturated carbocycles. The summed E-state index contributed by atoms with van der Waals surface area (Å²) in [5.74, 6) is -0.994. The van der Waals surface area contributed by atoms with Gasteiger partial charge in [0.15, 0.2) is 0 Å². The van der Waals surface area contributed by atoms with Crippen LogP contribution in [0, 0.1) is 6.92 Å². The minimum Gasteiger partial charge on any atom is -0.391 e. The third-order valence-corrected chi connectivity index (χ3v) is 8.41. The number of nitrogens with one attached hydrogen (secondary N) is 2. The Morgan fingerprint density at radius 3 is 2.47 bits per heavy atom. The number of thioether (sulfide) groups is 1.